The zero-order valence-electron chi connectivity index (χ0n) is 7.11. The van der Waals surface area contributed by atoms with Crippen LogP contribution >= 0.6 is 0 Å². The van der Waals surface area contributed by atoms with Crippen molar-refractivity contribution in [3.63, 3.8) is 0 Å². The molecule has 0 aromatic carbocycles. The van der Waals surface area contributed by atoms with Crippen molar-refractivity contribution in [3.05, 3.63) is 0 Å². The standard InChI is InChI=1S/C8H17NO/c1-4-7(3,5-2)8(9)6-10-8/h4-6,9H2,1-3H3. The van der Waals surface area contributed by atoms with Crippen LogP contribution in [-0.2, 0) is 4.74 Å². The van der Waals surface area contributed by atoms with E-state index in [0.29, 0.717) is 0 Å². The number of ether oxygens (including phenoxy) is 1. The third-order valence-electron chi connectivity index (χ3n) is 3.04. The molecule has 1 heterocycles. The predicted molar refractivity (Wildman–Crippen MR) is 41.6 cm³/mol. The maximum absolute atomic E-state index is 5.92. The van der Waals surface area contributed by atoms with E-state index in [4.69, 9.17) is 10.5 Å². The molecule has 1 unspecified atom stereocenters. The normalized spacial score (nSPS) is 32.4. The van der Waals surface area contributed by atoms with Crippen LogP contribution in [0.1, 0.15) is 33.6 Å². The number of hydrogen-bond donors (Lipinski definition) is 1. The summed E-state index contributed by atoms with van der Waals surface area (Å²) in [7, 11) is 0. The Labute approximate surface area is 62.7 Å². The summed E-state index contributed by atoms with van der Waals surface area (Å²) in [5.74, 6) is 0. The summed E-state index contributed by atoms with van der Waals surface area (Å²) in [6, 6.07) is 0. The van der Waals surface area contributed by atoms with E-state index in [-0.39, 0.29) is 11.1 Å². The fourth-order valence-corrected chi connectivity index (χ4v) is 1.27. The van der Waals surface area contributed by atoms with Crippen LogP contribution < -0.4 is 5.73 Å². The molecular weight excluding hydrogens is 126 g/mol. The van der Waals surface area contributed by atoms with E-state index >= 15 is 0 Å². The van der Waals surface area contributed by atoms with Crippen molar-refractivity contribution < 1.29 is 4.74 Å². The molecule has 1 aliphatic heterocycles. The fraction of sp³-hybridized carbons (Fsp3) is 1.00. The molecule has 0 bridgehead atoms. The van der Waals surface area contributed by atoms with Gasteiger partial charge in [-0.1, -0.05) is 20.8 Å². The van der Waals surface area contributed by atoms with Gasteiger partial charge in [0.15, 0.2) is 0 Å². The predicted octanol–water partition coefficient (Wildman–Crippen LogP) is 1.50. The molecule has 0 radical (unpaired) electrons. The highest BCUT2D eigenvalue weighted by Gasteiger charge is 2.54. The first-order valence-electron chi connectivity index (χ1n) is 4.01. The Morgan fingerprint density at radius 3 is 2.00 bits per heavy atom. The summed E-state index contributed by atoms with van der Waals surface area (Å²) < 4.78 is 5.22. The van der Waals surface area contributed by atoms with Crippen LogP contribution in [0.3, 0.4) is 0 Å². The second kappa shape index (κ2) is 2.21. The first kappa shape index (κ1) is 8.02. The van der Waals surface area contributed by atoms with Gasteiger partial charge < -0.3 is 10.5 Å². The van der Waals surface area contributed by atoms with Crippen LogP contribution in [-0.4, -0.2) is 12.3 Å². The van der Waals surface area contributed by atoms with Gasteiger partial charge in [-0.3, -0.25) is 0 Å². The maximum atomic E-state index is 5.92. The van der Waals surface area contributed by atoms with Gasteiger partial charge in [0.05, 0.1) is 6.61 Å². The molecule has 0 saturated carbocycles. The Hall–Kier alpha value is -0.0800. The number of rotatable bonds is 3. The van der Waals surface area contributed by atoms with Crippen molar-refractivity contribution in [2.75, 3.05) is 6.61 Å². The van der Waals surface area contributed by atoms with Crippen LogP contribution in [0.2, 0.25) is 0 Å². The summed E-state index contributed by atoms with van der Waals surface area (Å²) >= 11 is 0. The SMILES string of the molecule is CCC(C)(CC)C1(N)CO1. The van der Waals surface area contributed by atoms with Crippen LogP contribution in [0.5, 0.6) is 0 Å². The minimum absolute atomic E-state index is 0.188. The van der Waals surface area contributed by atoms with Gasteiger partial charge in [-0.15, -0.1) is 0 Å². The molecule has 0 aromatic rings. The van der Waals surface area contributed by atoms with Crippen molar-refractivity contribution in [1.29, 1.82) is 0 Å². The molecule has 0 aromatic heterocycles. The third-order valence-corrected chi connectivity index (χ3v) is 3.04. The van der Waals surface area contributed by atoms with Crippen LogP contribution in [0, 0.1) is 5.41 Å². The Kier molecular flexibility index (Phi) is 1.77. The minimum Gasteiger partial charge on any atom is -0.353 e. The lowest BCUT2D eigenvalue weighted by Gasteiger charge is -2.30. The van der Waals surface area contributed by atoms with Crippen LogP contribution in [0.25, 0.3) is 0 Å². The van der Waals surface area contributed by atoms with E-state index in [9.17, 15) is 0 Å². The molecule has 2 nitrogen and oxygen atoms in total. The average Bonchev–Trinajstić information content (AvgIpc) is 2.68. The monoisotopic (exact) mass is 143 g/mol. The first-order valence-corrected chi connectivity index (χ1v) is 4.01. The van der Waals surface area contributed by atoms with Gasteiger partial charge in [-0.2, -0.15) is 0 Å². The van der Waals surface area contributed by atoms with Gasteiger partial charge in [0.2, 0.25) is 0 Å². The molecule has 1 fully saturated rings. The Balaban J connectivity index is 2.63. The van der Waals surface area contributed by atoms with Gasteiger partial charge in [-0.25, -0.2) is 0 Å². The lowest BCUT2D eigenvalue weighted by atomic mass is 9.78. The summed E-state index contributed by atoms with van der Waals surface area (Å²) in [4.78, 5) is 0. The minimum atomic E-state index is -0.295. The second-order valence-corrected chi connectivity index (χ2v) is 3.45. The molecule has 1 atom stereocenters. The van der Waals surface area contributed by atoms with Crippen molar-refractivity contribution in [2.24, 2.45) is 11.1 Å². The highest BCUT2D eigenvalue weighted by molar-refractivity contribution is 4.99. The van der Waals surface area contributed by atoms with E-state index < -0.39 is 0 Å². The summed E-state index contributed by atoms with van der Waals surface area (Å²) in [6.07, 6.45) is 2.19. The molecule has 1 saturated heterocycles. The summed E-state index contributed by atoms with van der Waals surface area (Å²) in [5, 5.41) is 0. The zero-order valence-corrected chi connectivity index (χ0v) is 7.11. The van der Waals surface area contributed by atoms with Crippen molar-refractivity contribution in [2.45, 2.75) is 39.3 Å². The van der Waals surface area contributed by atoms with Crippen LogP contribution in [0.15, 0.2) is 0 Å². The number of nitrogens with two attached hydrogens (primary N) is 1. The molecule has 0 spiro atoms. The first-order chi connectivity index (χ1) is 4.58. The van der Waals surface area contributed by atoms with Crippen LogP contribution in [0.4, 0.5) is 0 Å². The number of epoxide rings is 1. The molecule has 1 rings (SSSR count). The Morgan fingerprint density at radius 2 is 1.90 bits per heavy atom. The topological polar surface area (TPSA) is 38.5 Å². The smallest absolute Gasteiger partial charge is 0.145 e. The lowest BCUT2D eigenvalue weighted by Crippen LogP contribution is -2.42. The van der Waals surface area contributed by atoms with Gasteiger partial charge in [0, 0.05) is 5.41 Å². The molecule has 2 N–H and O–H groups in total. The fourth-order valence-electron chi connectivity index (χ4n) is 1.27. The van der Waals surface area contributed by atoms with Crippen molar-refractivity contribution in [3.8, 4) is 0 Å². The average molecular weight is 143 g/mol. The quantitative estimate of drug-likeness (QED) is 0.608. The Bertz CT molecular complexity index is 125. The molecule has 0 aliphatic carbocycles. The van der Waals surface area contributed by atoms with E-state index in [1.165, 1.54) is 0 Å². The highest BCUT2D eigenvalue weighted by atomic mass is 16.6. The van der Waals surface area contributed by atoms with E-state index in [1.54, 1.807) is 0 Å². The maximum Gasteiger partial charge on any atom is 0.145 e. The van der Waals surface area contributed by atoms with Gasteiger partial charge >= 0.3 is 0 Å². The van der Waals surface area contributed by atoms with Gasteiger partial charge in [0.1, 0.15) is 5.72 Å². The van der Waals surface area contributed by atoms with Gasteiger partial charge in [0.25, 0.3) is 0 Å². The molecule has 60 valence electrons. The van der Waals surface area contributed by atoms with E-state index in [0.717, 1.165) is 19.4 Å². The van der Waals surface area contributed by atoms with E-state index in [1.807, 2.05) is 0 Å². The molecule has 1 aliphatic rings. The zero-order chi connectivity index (χ0) is 7.83. The second-order valence-electron chi connectivity index (χ2n) is 3.45. The van der Waals surface area contributed by atoms with Crippen molar-refractivity contribution >= 4 is 0 Å². The summed E-state index contributed by atoms with van der Waals surface area (Å²) in [5.41, 5.74) is 5.82. The highest BCUT2D eigenvalue weighted by Crippen LogP contribution is 2.44. The lowest BCUT2D eigenvalue weighted by molar-refractivity contribution is 0.113. The summed E-state index contributed by atoms with van der Waals surface area (Å²) in [6.45, 7) is 7.27. The van der Waals surface area contributed by atoms with Gasteiger partial charge in [-0.05, 0) is 12.8 Å². The number of hydrogen-bond acceptors (Lipinski definition) is 2. The molecule has 0 amide bonds. The molecule has 2 heteroatoms. The largest absolute Gasteiger partial charge is 0.353 e. The Morgan fingerprint density at radius 1 is 1.50 bits per heavy atom. The van der Waals surface area contributed by atoms with Crippen molar-refractivity contribution in [1.82, 2.24) is 0 Å². The third kappa shape index (κ3) is 0.956. The van der Waals surface area contributed by atoms with E-state index in [2.05, 4.69) is 20.8 Å². The molecule has 10 heavy (non-hydrogen) atoms. The molecular formula is C8H17NO.